The summed E-state index contributed by atoms with van der Waals surface area (Å²) >= 11 is 0. The highest BCUT2D eigenvalue weighted by Crippen LogP contribution is 2.42. The Kier molecular flexibility index (Phi) is 9.36. The van der Waals surface area contributed by atoms with Gasteiger partial charge in [-0.3, -0.25) is 9.88 Å². The average Bonchev–Trinajstić information content (AvgIpc) is 3.92. The van der Waals surface area contributed by atoms with Crippen LogP contribution in [0.1, 0.15) is 63.9 Å². The van der Waals surface area contributed by atoms with E-state index < -0.39 is 23.5 Å². The maximum atomic E-state index is 17.5. The number of aryl methyl sites for hydroxylation is 1. The molecule has 0 spiro atoms. The molecule has 0 radical (unpaired) electrons. The largest absolute Gasteiger partial charge is 0.461 e. The van der Waals surface area contributed by atoms with Crippen LogP contribution in [0, 0.1) is 5.82 Å². The zero-order chi connectivity index (χ0) is 37.7. The van der Waals surface area contributed by atoms with Crippen LogP contribution >= 0.6 is 0 Å². The van der Waals surface area contributed by atoms with Crippen molar-refractivity contribution < 1.29 is 32.9 Å². The topological polar surface area (TPSA) is 131 Å². The van der Waals surface area contributed by atoms with Gasteiger partial charge in [0.2, 0.25) is 0 Å². The van der Waals surface area contributed by atoms with E-state index in [0.717, 1.165) is 74.4 Å². The van der Waals surface area contributed by atoms with E-state index >= 15 is 4.39 Å². The third kappa shape index (κ3) is 6.77. The summed E-state index contributed by atoms with van der Waals surface area (Å²) in [6.07, 6.45) is 8.28. The molecule has 1 N–H and O–H groups in total. The maximum Gasteiger partial charge on any atom is 0.415 e. The van der Waals surface area contributed by atoms with E-state index in [-0.39, 0.29) is 41.2 Å². The molecule has 14 heteroatoms. The summed E-state index contributed by atoms with van der Waals surface area (Å²) in [5, 5.41) is 5.08. The van der Waals surface area contributed by atoms with Gasteiger partial charge in [0, 0.05) is 38.5 Å². The molecule has 4 saturated heterocycles. The number of amides is 2. The fourth-order valence-electron chi connectivity index (χ4n) is 9.59. The Bertz CT molecular complexity index is 2140. The first-order chi connectivity index (χ1) is 26.7. The molecule has 13 nitrogen and oxygen atoms in total. The number of methoxy groups -OCH3 is 1. The Morgan fingerprint density at radius 1 is 1.07 bits per heavy atom. The third-order valence-electron chi connectivity index (χ3n) is 12.4. The van der Waals surface area contributed by atoms with Crippen LogP contribution in [0.2, 0.25) is 0 Å². The van der Waals surface area contributed by atoms with Crippen LogP contribution in [0.4, 0.5) is 19.8 Å². The van der Waals surface area contributed by atoms with E-state index in [0.29, 0.717) is 62.4 Å². The monoisotopic (exact) mass is 753 g/mol. The van der Waals surface area contributed by atoms with Gasteiger partial charge in [-0.05, 0) is 106 Å². The number of pyridine rings is 1. The first-order valence-corrected chi connectivity index (χ1v) is 19.7. The summed E-state index contributed by atoms with van der Waals surface area (Å²) in [7, 11) is 1.64. The van der Waals surface area contributed by atoms with Gasteiger partial charge in [0.05, 0.1) is 35.7 Å². The number of nitrogens with one attached hydrogen (secondary N) is 1. The van der Waals surface area contributed by atoms with Gasteiger partial charge in [0.25, 0.3) is 0 Å². The molecule has 2 atom stereocenters. The summed E-state index contributed by atoms with van der Waals surface area (Å²) < 4.78 is 41.1. The van der Waals surface area contributed by atoms with E-state index in [1.807, 2.05) is 25.1 Å². The van der Waals surface area contributed by atoms with Crippen molar-refractivity contribution in [1.82, 2.24) is 30.1 Å². The Balaban J connectivity index is 1.19. The number of halogens is 1. The van der Waals surface area contributed by atoms with Crippen molar-refractivity contribution in [3.05, 3.63) is 47.9 Å². The molecule has 8 heterocycles. The maximum absolute atomic E-state index is 17.5. The fourth-order valence-corrected chi connectivity index (χ4v) is 9.59. The number of benzene rings is 2. The number of hydrogen-bond donors (Lipinski definition) is 1. The van der Waals surface area contributed by atoms with Gasteiger partial charge in [0.1, 0.15) is 29.4 Å². The molecule has 2 aromatic carbocycles. The molecule has 2 unspecified atom stereocenters. The Hall–Kier alpha value is -4.82. The van der Waals surface area contributed by atoms with Crippen molar-refractivity contribution in [2.75, 3.05) is 64.5 Å². The molecule has 290 valence electrons. The number of aromatic nitrogens is 3. The Labute approximate surface area is 319 Å². The molecular formula is C41H48FN7O6. The SMILES string of the molecule is COC1CCN(C(=O)Oc2cc3c4c(cccc4c2)CCCOC(=O)NC2(C)CCCN(C2)c2nc(OCC45CCCN4CCC5)nc4c(F)c-3ncc24)C1. The smallest absolute Gasteiger partial charge is 0.415 e. The average molecular weight is 754 g/mol. The van der Waals surface area contributed by atoms with Crippen molar-refractivity contribution in [2.24, 2.45) is 0 Å². The van der Waals surface area contributed by atoms with Crippen LogP contribution in [0.15, 0.2) is 36.5 Å². The quantitative estimate of drug-likeness (QED) is 0.249. The van der Waals surface area contributed by atoms with Crippen LogP contribution < -0.4 is 19.7 Å². The van der Waals surface area contributed by atoms with Crippen LogP contribution in [0.3, 0.4) is 0 Å². The lowest BCUT2D eigenvalue weighted by molar-refractivity contribution is 0.105. The number of ether oxygens (including phenoxy) is 4. The van der Waals surface area contributed by atoms with Gasteiger partial charge in [-0.1, -0.05) is 18.2 Å². The molecule has 6 aliphatic rings. The van der Waals surface area contributed by atoms with Crippen molar-refractivity contribution >= 4 is 39.7 Å². The zero-order valence-electron chi connectivity index (χ0n) is 31.6. The number of likely N-dealkylation sites (tertiary alicyclic amines) is 1. The first-order valence-electron chi connectivity index (χ1n) is 19.7. The predicted molar refractivity (Wildman–Crippen MR) is 204 cm³/mol. The van der Waals surface area contributed by atoms with Gasteiger partial charge < -0.3 is 34.1 Å². The number of alkyl carbamates (subject to hydrolysis) is 1. The van der Waals surface area contributed by atoms with Crippen LogP contribution in [0.25, 0.3) is 32.9 Å². The molecule has 55 heavy (non-hydrogen) atoms. The number of hydrogen-bond acceptors (Lipinski definition) is 11. The van der Waals surface area contributed by atoms with E-state index in [2.05, 4.69) is 15.1 Å². The molecule has 0 aliphatic carbocycles. The number of fused-ring (bicyclic) bond motifs is 7. The van der Waals surface area contributed by atoms with Gasteiger partial charge in [0.15, 0.2) is 5.82 Å². The number of piperidine rings is 1. The summed E-state index contributed by atoms with van der Waals surface area (Å²) in [5.41, 5.74) is 0.881. The highest BCUT2D eigenvalue weighted by atomic mass is 19.1. The predicted octanol–water partition coefficient (Wildman–Crippen LogP) is 6.24. The van der Waals surface area contributed by atoms with Gasteiger partial charge in [-0.2, -0.15) is 9.97 Å². The van der Waals surface area contributed by atoms with Crippen molar-refractivity contribution in [3.8, 4) is 23.0 Å². The zero-order valence-corrected chi connectivity index (χ0v) is 31.6. The van der Waals surface area contributed by atoms with Gasteiger partial charge in [-0.15, -0.1) is 0 Å². The number of anilines is 1. The molecule has 6 bridgehead atoms. The minimum atomic E-state index is -0.615. The lowest BCUT2D eigenvalue weighted by atomic mass is 9.91. The van der Waals surface area contributed by atoms with Gasteiger partial charge >= 0.3 is 18.2 Å². The number of rotatable bonds is 5. The standard InChI is InChI=1S/C41H48FN7O6/c1-40-12-5-15-48(24-40)36-31-22-43-34(33(42)35(31)44-37(45-36)54-25-41-13-6-16-49(41)17-7-14-41)30-21-29(55-39(51)47-18-11-28(23-47)52-2)20-27-9-3-8-26(32(27)30)10-4-19-53-38(50)46-40/h3,8-9,20-22,28H,4-7,10-19,23-25H2,1-2H3,(H,46,50). The minimum Gasteiger partial charge on any atom is -0.461 e. The van der Waals surface area contributed by atoms with E-state index in [1.54, 1.807) is 30.3 Å². The molecule has 2 aromatic heterocycles. The number of nitrogens with zero attached hydrogens (tertiary/aromatic N) is 6. The number of carbonyl (C=O) groups is 2. The second-order valence-corrected chi connectivity index (χ2v) is 16.1. The molecule has 0 saturated carbocycles. The van der Waals surface area contributed by atoms with Crippen LogP contribution in [-0.2, 0) is 15.9 Å². The summed E-state index contributed by atoms with van der Waals surface area (Å²) in [6.45, 7) is 6.75. The lowest BCUT2D eigenvalue weighted by Gasteiger charge is -2.41. The third-order valence-corrected chi connectivity index (χ3v) is 12.4. The Morgan fingerprint density at radius 3 is 2.73 bits per heavy atom. The van der Waals surface area contributed by atoms with E-state index in [9.17, 15) is 9.59 Å². The van der Waals surface area contributed by atoms with E-state index in [1.165, 1.54) is 0 Å². The van der Waals surface area contributed by atoms with Crippen LogP contribution in [-0.4, -0.2) is 114 Å². The molecule has 4 fully saturated rings. The van der Waals surface area contributed by atoms with Crippen molar-refractivity contribution in [3.63, 3.8) is 0 Å². The lowest BCUT2D eigenvalue weighted by Crippen LogP contribution is -2.57. The molecule has 4 aromatic rings. The van der Waals surface area contributed by atoms with E-state index in [4.69, 9.17) is 33.9 Å². The fraction of sp³-hybridized carbons (Fsp3) is 0.537. The molecule has 10 rings (SSSR count). The number of carbonyl (C=O) groups excluding carboxylic acids is 2. The van der Waals surface area contributed by atoms with Crippen LogP contribution in [0.5, 0.6) is 11.8 Å². The molecule has 6 aliphatic heterocycles. The normalized spacial score (nSPS) is 23.9. The summed E-state index contributed by atoms with van der Waals surface area (Å²) in [6, 6.07) is 9.41. The highest BCUT2D eigenvalue weighted by Gasteiger charge is 2.45. The second kappa shape index (κ2) is 14.4. The van der Waals surface area contributed by atoms with Crippen molar-refractivity contribution in [2.45, 2.75) is 81.9 Å². The summed E-state index contributed by atoms with van der Waals surface area (Å²) in [4.78, 5) is 47.2. The molecular weight excluding hydrogens is 705 g/mol. The summed E-state index contributed by atoms with van der Waals surface area (Å²) in [5.74, 6) is 0.161. The van der Waals surface area contributed by atoms with Gasteiger partial charge in [-0.25, -0.2) is 14.0 Å². The first kappa shape index (κ1) is 35.9. The Morgan fingerprint density at radius 2 is 1.91 bits per heavy atom. The van der Waals surface area contributed by atoms with Crippen molar-refractivity contribution in [1.29, 1.82) is 0 Å². The molecule has 2 amide bonds. The highest BCUT2D eigenvalue weighted by molar-refractivity contribution is 6.02. The second-order valence-electron chi connectivity index (χ2n) is 16.1. The minimum absolute atomic E-state index is 0.0489.